The van der Waals surface area contributed by atoms with Crippen molar-refractivity contribution in [1.29, 1.82) is 5.26 Å². The second-order valence-corrected chi connectivity index (χ2v) is 2.01. The lowest BCUT2D eigenvalue weighted by Gasteiger charge is -1.89. The van der Waals surface area contributed by atoms with Gasteiger partial charge in [0.2, 0.25) is 0 Å². The molecular formula is C8H7N3. The van der Waals surface area contributed by atoms with E-state index >= 15 is 0 Å². The van der Waals surface area contributed by atoms with Crippen molar-refractivity contribution in [2.24, 2.45) is 10.9 Å². The van der Waals surface area contributed by atoms with E-state index in [1.54, 1.807) is 24.3 Å². The minimum absolute atomic E-state index is 0.638. The molecule has 0 bridgehead atoms. The van der Waals surface area contributed by atoms with Gasteiger partial charge in [-0.3, -0.25) is 0 Å². The Labute approximate surface area is 64.8 Å². The largest absolute Gasteiger partial charge is 0.323 e. The van der Waals surface area contributed by atoms with Gasteiger partial charge in [0.15, 0.2) is 0 Å². The van der Waals surface area contributed by atoms with Crippen molar-refractivity contribution in [3.8, 4) is 6.07 Å². The van der Waals surface area contributed by atoms with Gasteiger partial charge in [-0.2, -0.15) is 10.4 Å². The average Bonchev–Trinajstić information content (AvgIpc) is 2.07. The topological polar surface area (TPSA) is 62.2 Å². The molecule has 0 amide bonds. The Kier molecular flexibility index (Phi) is 2.24. The van der Waals surface area contributed by atoms with Gasteiger partial charge in [-0.15, -0.1) is 0 Å². The zero-order valence-electron chi connectivity index (χ0n) is 5.86. The molecule has 0 spiro atoms. The first-order chi connectivity index (χ1) is 5.36. The summed E-state index contributed by atoms with van der Waals surface area (Å²) in [6.07, 6.45) is 1.53. The van der Waals surface area contributed by atoms with Crippen LogP contribution in [0.15, 0.2) is 29.4 Å². The van der Waals surface area contributed by atoms with Crippen molar-refractivity contribution in [1.82, 2.24) is 0 Å². The fraction of sp³-hybridized carbons (Fsp3) is 0. The van der Waals surface area contributed by atoms with Crippen molar-refractivity contribution in [3.05, 3.63) is 35.4 Å². The molecule has 0 aliphatic carbocycles. The van der Waals surface area contributed by atoms with Gasteiger partial charge in [-0.05, 0) is 17.7 Å². The number of nitrogens with zero attached hydrogens (tertiary/aromatic N) is 2. The van der Waals surface area contributed by atoms with Crippen LogP contribution in [-0.4, -0.2) is 6.21 Å². The molecule has 1 aromatic rings. The van der Waals surface area contributed by atoms with Crippen LogP contribution >= 0.6 is 0 Å². The van der Waals surface area contributed by atoms with Crippen LogP contribution in [0.3, 0.4) is 0 Å². The predicted molar refractivity (Wildman–Crippen MR) is 42.9 cm³/mol. The van der Waals surface area contributed by atoms with Crippen molar-refractivity contribution >= 4 is 6.21 Å². The van der Waals surface area contributed by atoms with Gasteiger partial charge in [0.25, 0.3) is 0 Å². The molecule has 0 fully saturated rings. The molecule has 1 aromatic carbocycles. The number of rotatable bonds is 1. The minimum atomic E-state index is 0.638. The summed E-state index contributed by atoms with van der Waals surface area (Å²) in [5.74, 6) is 4.94. The third-order valence-corrected chi connectivity index (χ3v) is 1.26. The highest BCUT2D eigenvalue weighted by molar-refractivity contribution is 5.79. The van der Waals surface area contributed by atoms with Crippen LogP contribution in [0.5, 0.6) is 0 Å². The first-order valence-corrected chi connectivity index (χ1v) is 3.10. The lowest BCUT2D eigenvalue weighted by Crippen LogP contribution is -1.85. The molecule has 54 valence electrons. The molecule has 0 aromatic heterocycles. The molecular weight excluding hydrogens is 138 g/mol. The van der Waals surface area contributed by atoms with Gasteiger partial charge in [0.05, 0.1) is 17.8 Å². The van der Waals surface area contributed by atoms with E-state index in [9.17, 15) is 0 Å². The molecule has 3 heteroatoms. The highest BCUT2D eigenvalue weighted by atomic mass is 15.1. The standard InChI is InChI=1S/C8H7N3/c9-5-7-1-3-8(4-2-7)6-11-10/h1-4,6H,10H2/b11-6+. The summed E-state index contributed by atoms with van der Waals surface area (Å²) in [4.78, 5) is 0. The lowest BCUT2D eigenvalue weighted by molar-refractivity contribution is 1.26. The van der Waals surface area contributed by atoms with Crippen molar-refractivity contribution in [2.75, 3.05) is 0 Å². The van der Waals surface area contributed by atoms with E-state index in [1.807, 2.05) is 6.07 Å². The summed E-state index contributed by atoms with van der Waals surface area (Å²) in [5.41, 5.74) is 1.53. The number of hydrogen-bond acceptors (Lipinski definition) is 3. The van der Waals surface area contributed by atoms with Crippen LogP contribution in [-0.2, 0) is 0 Å². The smallest absolute Gasteiger partial charge is 0.0991 e. The molecule has 2 N–H and O–H groups in total. The Morgan fingerprint density at radius 2 is 2.00 bits per heavy atom. The highest BCUT2D eigenvalue weighted by Crippen LogP contribution is 1.99. The first-order valence-electron chi connectivity index (χ1n) is 3.10. The molecule has 1 rings (SSSR count). The molecule has 0 saturated heterocycles. The second kappa shape index (κ2) is 3.37. The number of hydrazone groups is 1. The van der Waals surface area contributed by atoms with Gasteiger partial charge in [0.1, 0.15) is 0 Å². The molecule has 0 heterocycles. The predicted octanol–water partition coefficient (Wildman–Crippen LogP) is 0.851. The molecule has 0 unspecified atom stereocenters. The van der Waals surface area contributed by atoms with Crippen LogP contribution in [0.4, 0.5) is 0 Å². The molecule has 0 saturated carbocycles. The second-order valence-electron chi connectivity index (χ2n) is 2.01. The van der Waals surface area contributed by atoms with Crippen LogP contribution in [0.1, 0.15) is 11.1 Å². The summed E-state index contributed by atoms with van der Waals surface area (Å²) >= 11 is 0. The van der Waals surface area contributed by atoms with Crippen LogP contribution < -0.4 is 5.84 Å². The maximum atomic E-state index is 8.45. The van der Waals surface area contributed by atoms with Gasteiger partial charge in [-0.1, -0.05) is 12.1 Å². The van der Waals surface area contributed by atoms with Crippen LogP contribution in [0, 0.1) is 11.3 Å². The zero-order valence-corrected chi connectivity index (χ0v) is 5.86. The first kappa shape index (κ1) is 7.29. The summed E-state index contributed by atoms with van der Waals surface area (Å²) < 4.78 is 0. The van der Waals surface area contributed by atoms with E-state index in [2.05, 4.69) is 5.10 Å². The fourth-order valence-corrected chi connectivity index (χ4v) is 0.730. The number of benzene rings is 1. The van der Waals surface area contributed by atoms with E-state index in [-0.39, 0.29) is 0 Å². The molecule has 0 aliphatic heterocycles. The maximum Gasteiger partial charge on any atom is 0.0991 e. The Bertz CT molecular complexity index is 292. The summed E-state index contributed by atoms with van der Waals surface area (Å²) in [6.45, 7) is 0. The quantitative estimate of drug-likeness (QED) is 0.361. The number of nitriles is 1. The number of hydrogen-bond donors (Lipinski definition) is 1. The molecule has 3 nitrogen and oxygen atoms in total. The normalized spacial score (nSPS) is 9.73. The Morgan fingerprint density at radius 3 is 2.45 bits per heavy atom. The van der Waals surface area contributed by atoms with Gasteiger partial charge < -0.3 is 5.84 Å². The third-order valence-electron chi connectivity index (χ3n) is 1.26. The van der Waals surface area contributed by atoms with E-state index in [0.717, 1.165) is 5.56 Å². The van der Waals surface area contributed by atoms with E-state index in [1.165, 1.54) is 6.21 Å². The maximum absolute atomic E-state index is 8.45. The summed E-state index contributed by atoms with van der Waals surface area (Å²) in [7, 11) is 0. The Balaban J connectivity index is 2.94. The van der Waals surface area contributed by atoms with Gasteiger partial charge in [0, 0.05) is 0 Å². The van der Waals surface area contributed by atoms with E-state index in [0.29, 0.717) is 5.56 Å². The van der Waals surface area contributed by atoms with Crippen molar-refractivity contribution in [3.63, 3.8) is 0 Å². The van der Waals surface area contributed by atoms with Crippen LogP contribution in [0.2, 0.25) is 0 Å². The monoisotopic (exact) mass is 145 g/mol. The average molecular weight is 145 g/mol. The lowest BCUT2D eigenvalue weighted by atomic mass is 10.2. The Morgan fingerprint density at radius 1 is 1.36 bits per heavy atom. The Hall–Kier alpha value is -1.82. The van der Waals surface area contributed by atoms with Gasteiger partial charge in [-0.25, -0.2) is 0 Å². The highest BCUT2D eigenvalue weighted by Gasteiger charge is 1.88. The van der Waals surface area contributed by atoms with Crippen molar-refractivity contribution in [2.45, 2.75) is 0 Å². The summed E-state index contributed by atoms with van der Waals surface area (Å²) in [6, 6.07) is 9.03. The molecule has 0 aliphatic rings. The molecule has 11 heavy (non-hydrogen) atoms. The fourth-order valence-electron chi connectivity index (χ4n) is 0.730. The minimum Gasteiger partial charge on any atom is -0.323 e. The van der Waals surface area contributed by atoms with E-state index in [4.69, 9.17) is 11.1 Å². The summed E-state index contributed by atoms with van der Waals surface area (Å²) in [5, 5.41) is 11.8. The van der Waals surface area contributed by atoms with Crippen molar-refractivity contribution < 1.29 is 0 Å². The zero-order chi connectivity index (χ0) is 8.10. The number of nitrogens with two attached hydrogens (primary N) is 1. The van der Waals surface area contributed by atoms with Crippen LogP contribution in [0.25, 0.3) is 0 Å². The molecule has 0 radical (unpaired) electrons. The third kappa shape index (κ3) is 1.80. The SMILES string of the molecule is N#Cc1ccc(/C=N/N)cc1. The molecule has 0 atom stereocenters. The van der Waals surface area contributed by atoms with Gasteiger partial charge >= 0.3 is 0 Å². The van der Waals surface area contributed by atoms with E-state index < -0.39 is 0 Å².